The molecular weight excluding hydrogens is 268 g/mol. The van der Waals surface area contributed by atoms with Crippen molar-refractivity contribution in [2.24, 2.45) is 11.3 Å². The molecule has 1 nitrogen and oxygen atoms in total. The molecular formula is C18H27F2N. The van der Waals surface area contributed by atoms with Gasteiger partial charge in [0.15, 0.2) is 11.6 Å². The molecule has 1 aromatic rings. The van der Waals surface area contributed by atoms with Crippen molar-refractivity contribution in [3.63, 3.8) is 0 Å². The number of rotatable bonds is 6. The highest BCUT2D eigenvalue weighted by Crippen LogP contribution is 2.46. The van der Waals surface area contributed by atoms with Crippen molar-refractivity contribution in [1.29, 1.82) is 0 Å². The fraction of sp³-hybridized carbons (Fsp3) is 0.667. The molecule has 0 amide bonds. The van der Waals surface area contributed by atoms with Crippen LogP contribution in [-0.4, -0.2) is 13.1 Å². The van der Waals surface area contributed by atoms with Gasteiger partial charge in [0.2, 0.25) is 0 Å². The van der Waals surface area contributed by atoms with Gasteiger partial charge in [-0.25, -0.2) is 8.78 Å². The van der Waals surface area contributed by atoms with Crippen LogP contribution < -0.4 is 5.32 Å². The second kappa shape index (κ2) is 6.87. The third-order valence-electron chi connectivity index (χ3n) is 4.93. The Kier molecular flexibility index (Phi) is 5.37. The number of hydrogen-bond donors (Lipinski definition) is 1. The van der Waals surface area contributed by atoms with E-state index in [4.69, 9.17) is 0 Å². The van der Waals surface area contributed by atoms with E-state index in [-0.39, 0.29) is 0 Å². The lowest BCUT2D eigenvalue weighted by Gasteiger charge is -2.39. The van der Waals surface area contributed by atoms with Crippen LogP contribution in [0.2, 0.25) is 0 Å². The van der Waals surface area contributed by atoms with Crippen LogP contribution in [0.3, 0.4) is 0 Å². The molecule has 0 aliphatic heterocycles. The Morgan fingerprint density at radius 3 is 2.33 bits per heavy atom. The van der Waals surface area contributed by atoms with Crippen molar-refractivity contribution in [2.45, 2.75) is 58.4 Å². The number of benzene rings is 1. The lowest BCUT2D eigenvalue weighted by Crippen LogP contribution is -2.44. The van der Waals surface area contributed by atoms with Crippen molar-refractivity contribution in [2.75, 3.05) is 7.05 Å². The fourth-order valence-corrected chi connectivity index (χ4v) is 4.11. The summed E-state index contributed by atoms with van der Waals surface area (Å²) in [6.07, 6.45) is 6.99. The van der Waals surface area contributed by atoms with Crippen molar-refractivity contribution in [1.82, 2.24) is 5.32 Å². The summed E-state index contributed by atoms with van der Waals surface area (Å²) in [4.78, 5) is 0. The smallest absolute Gasteiger partial charge is 0.159 e. The summed E-state index contributed by atoms with van der Waals surface area (Å²) in [5.74, 6) is -0.854. The topological polar surface area (TPSA) is 12.0 Å². The largest absolute Gasteiger partial charge is 0.316 e. The van der Waals surface area contributed by atoms with E-state index in [1.54, 1.807) is 6.07 Å². The maximum atomic E-state index is 13.4. The third kappa shape index (κ3) is 3.82. The summed E-state index contributed by atoms with van der Waals surface area (Å²) in [5.41, 5.74) is 1.18. The Hall–Kier alpha value is -0.960. The van der Waals surface area contributed by atoms with Crippen molar-refractivity contribution in [3.8, 4) is 0 Å². The number of likely N-dealkylation sites (N-methyl/N-ethyl adjacent to an activating group) is 1. The fourth-order valence-electron chi connectivity index (χ4n) is 4.11. The summed E-state index contributed by atoms with van der Waals surface area (Å²) < 4.78 is 26.5. The van der Waals surface area contributed by atoms with Crippen LogP contribution >= 0.6 is 0 Å². The SMILES string of the molecule is CNC(Cc1ccc(F)c(F)c1)C1(CC(C)C)CCCC1. The Bertz CT molecular complexity index is 464. The zero-order chi connectivity index (χ0) is 15.5. The second-order valence-corrected chi connectivity index (χ2v) is 6.96. The quantitative estimate of drug-likeness (QED) is 0.802. The average Bonchev–Trinajstić information content (AvgIpc) is 2.88. The van der Waals surface area contributed by atoms with Gasteiger partial charge in [-0.3, -0.25) is 0 Å². The van der Waals surface area contributed by atoms with E-state index in [0.717, 1.165) is 12.0 Å². The molecule has 1 fully saturated rings. The highest BCUT2D eigenvalue weighted by molar-refractivity contribution is 5.20. The third-order valence-corrected chi connectivity index (χ3v) is 4.93. The predicted molar refractivity (Wildman–Crippen MR) is 83.3 cm³/mol. The molecule has 0 aromatic heterocycles. The first-order valence-corrected chi connectivity index (χ1v) is 8.08. The van der Waals surface area contributed by atoms with E-state index in [9.17, 15) is 8.78 Å². The molecule has 0 bridgehead atoms. The zero-order valence-electron chi connectivity index (χ0n) is 13.4. The minimum atomic E-state index is -0.766. The number of hydrogen-bond acceptors (Lipinski definition) is 1. The first kappa shape index (κ1) is 16.4. The molecule has 1 atom stereocenters. The van der Waals surface area contributed by atoms with Crippen LogP contribution in [0.1, 0.15) is 51.5 Å². The molecule has 0 heterocycles. The molecule has 1 aromatic carbocycles. The first-order chi connectivity index (χ1) is 9.97. The lowest BCUT2D eigenvalue weighted by molar-refractivity contribution is 0.160. The van der Waals surface area contributed by atoms with Gasteiger partial charge in [-0.05, 0) is 61.8 Å². The molecule has 1 aliphatic rings. The molecule has 1 N–H and O–H groups in total. The molecule has 21 heavy (non-hydrogen) atoms. The van der Waals surface area contributed by atoms with Gasteiger partial charge in [-0.15, -0.1) is 0 Å². The maximum Gasteiger partial charge on any atom is 0.159 e. The normalized spacial score (nSPS) is 19.1. The molecule has 0 radical (unpaired) electrons. The molecule has 1 aliphatic carbocycles. The van der Waals surface area contributed by atoms with E-state index in [1.165, 1.54) is 44.2 Å². The van der Waals surface area contributed by atoms with Crippen molar-refractivity contribution >= 4 is 0 Å². The zero-order valence-corrected chi connectivity index (χ0v) is 13.4. The van der Waals surface area contributed by atoms with Crippen LogP contribution in [-0.2, 0) is 6.42 Å². The highest BCUT2D eigenvalue weighted by atomic mass is 19.2. The van der Waals surface area contributed by atoms with Gasteiger partial charge in [0.05, 0.1) is 0 Å². The van der Waals surface area contributed by atoms with E-state index in [2.05, 4.69) is 19.2 Å². The average molecular weight is 295 g/mol. The van der Waals surface area contributed by atoms with Gasteiger partial charge in [0, 0.05) is 6.04 Å². The Morgan fingerprint density at radius 1 is 1.14 bits per heavy atom. The van der Waals surface area contributed by atoms with Crippen molar-refractivity contribution < 1.29 is 8.78 Å². The van der Waals surface area contributed by atoms with Gasteiger partial charge in [0.1, 0.15) is 0 Å². The summed E-state index contributed by atoms with van der Waals surface area (Å²) >= 11 is 0. The van der Waals surface area contributed by atoms with Crippen LogP contribution in [0.5, 0.6) is 0 Å². The minimum Gasteiger partial charge on any atom is -0.316 e. The molecule has 0 spiro atoms. The standard InChI is InChI=1S/C18H27F2N/c1-13(2)12-18(8-4-5-9-18)17(21-3)11-14-6-7-15(19)16(20)10-14/h6-7,10,13,17,21H,4-5,8-9,11-12H2,1-3H3. The molecule has 1 saturated carbocycles. The van der Waals surface area contributed by atoms with Gasteiger partial charge < -0.3 is 5.32 Å². The molecule has 0 saturated heterocycles. The van der Waals surface area contributed by atoms with Crippen LogP contribution in [0.25, 0.3) is 0 Å². The van der Waals surface area contributed by atoms with Crippen molar-refractivity contribution in [3.05, 3.63) is 35.4 Å². The van der Waals surface area contributed by atoms with Crippen LogP contribution in [0.4, 0.5) is 8.78 Å². The van der Waals surface area contributed by atoms with Crippen LogP contribution in [0, 0.1) is 23.0 Å². The summed E-state index contributed by atoms with van der Waals surface area (Å²) in [6.45, 7) is 4.54. The maximum absolute atomic E-state index is 13.4. The van der Waals surface area contributed by atoms with E-state index in [1.807, 2.05) is 7.05 Å². The van der Waals surface area contributed by atoms with E-state index in [0.29, 0.717) is 17.4 Å². The van der Waals surface area contributed by atoms with E-state index >= 15 is 0 Å². The summed E-state index contributed by atoms with van der Waals surface area (Å²) in [6, 6.07) is 4.62. The van der Waals surface area contributed by atoms with E-state index < -0.39 is 11.6 Å². The number of nitrogens with one attached hydrogen (secondary N) is 1. The summed E-state index contributed by atoms with van der Waals surface area (Å²) in [7, 11) is 1.99. The molecule has 3 heteroatoms. The van der Waals surface area contributed by atoms with Gasteiger partial charge >= 0.3 is 0 Å². The predicted octanol–water partition coefficient (Wildman–Crippen LogP) is 4.70. The number of halogens is 2. The van der Waals surface area contributed by atoms with Crippen LogP contribution in [0.15, 0.2) is 18.2 Å². The molecule has 2 rings (SSSR count). The Balaban J connectivity index is 2.18. The Morgan fingerprint density at radius 2 is 1.81 bits per heavy atom. The van der Waals surface area contributed by atoms with Gasteiger partial charge in [-0.1, -0.05) is 32.8 Å². The van der Waals surface area contributed by atoms with Gasteiger partial charge in [-0.2, -0.15) is 0 Å². The second-order valence-electron chi connectivity index (χ2n) is 6.96. The minimum absolute atomic E-state index is 0.299. The van der Waals surface area contributed by atoms with Gasteiger partial charge in [0.25, 0.3) is 0 Å². The lowest BCUT2D eigenvalue weighted by atomic mass is 9.71. The molecule has 118 valence electrons. The molecule has 1 unspecified atom stereocenters. The monoisotopic (exact) mass is 295 g/mol. The highest BCUT2D eigenvalue weighted by Gasteiger charge is 2.40. The first-order valence-electron chi connectivity index (χ1n) is 8.08. The Labute approximate surface area is 127 Å². The summed E-state index contributed by atoms with van der Waals surface area (Å²) in [5, 5.41) is 3.46.